The molecule has 2 heterocycles. The number of benzene rings is 2. The van der Waals surface area contributed by atoms with E-state index in [1.54, 1.807) is 0 Å². The first-order chi connectivity index (χ1) is 12.3. The van der Waals surface area contributed by atoms with Crippen molar-refractivity contribution in [3.63, 3.8) is 0 Å². The number of nitrogens with zero attached hydrogens (tertiary/aromatic N) is 2. The lowest BCUT2D eigenvalue weighted by molar-refractivity contribution is -0.665. The molecular formula is C21H23N2S2+. The molecule has 0 radical (unpaired) electrons. The van der Waals surface area contributed by atoms with Gasteiger partial charge in [0.05, 0.1) is 11.1 Å². The minimum Gasteiger partial charge on any atom is -0.358 e. The number of thiazole rings is 1. The standard InChI is InChI=1S/C21H23N2S2/c1-3-22-16-10-5-7-12-18(16)24-20(22)14-9-15-21-23(4-2)17-11-6-8-13-19(17)25-21/h5-14,21H,3-4,15H2,1-2H3/q+1/t21-/m0/s1. The molecule has 0 saturated carbocycles. The predicted octanol–water partition coefficient (Wildman–Crippen LogP) is 5.57. The van der Waals surface area contributed by atoms with Crippen LogP contribution < -0.4 is 9.47 Å². The molecule has 1 aliphatic heterocycles. The first-order valence-electron chi connectivity index (χ1n) is 8.92. The SMILES string of the molecule is CCN1c2ccccc2S[C@H]1CC=Cc1sc2ccccc2[n+]1CC. The number of thioether (sulfide) groups is 1. The molecule has 0 amide bonds. The first-order valence-corrected chi connectivity index (χ1v) is 10.6. The lowest BCUT2D eigenvalue weighted by Crippen LogP contribution is -2.33. The van der Waals surface area contributed by atoms with Crippen LogP contribution in [0.4, 0.5) is 5.69 Å². The van der Waals surface area contributed by atoms with Crippen LogP contribution in [-0.4, -0.2) is 11.9 Å². The molecule has 1 aromatic heterocycles. The number of anilines is 1. The van der Waals surface area contributed by atoms with Gasteiger partial charge in [0.15, 0.2) is 0 Å². The topological polar surface area (TPSA) is 7.12 Å². The van der Waals surface area contributed by atoms with Gasteiger partial charge in [-0.25, -0.2) is 0 Å². The Morgan fingerprint density at radius 1 is 1.08 bits per heavy atom. The van der Waals surface area contributed by atoms with Crippen LogP contribution in [0.15, 0.2) is 59.5 Å². The zero-order valence-corrected chi connectivity index (χ0v) is 16.3. The summed E-state index contributed by atoms with van der Waals surface area (Å²) in [5.74, 6) is 0. The van der Waals surface area contributed by atoms with Crippen molar-refractivity contribution in [3.05, 3.63) is 59.6 Å². The highest BCUT2D eigenvalue weighted by Gasteiger charge is 2.27. The van der Waals surface area contributed by atoms with Crippen LogP contribution in [0, 0.1) is 0 Å². The molecule has 0 aliphatic carbocycles. The molecular weight excluding hydrogens is 344 g/mol. The van der Waals surface area contributed by atoms with E-state index in [0.717, 1.165) is 19.5 Å². The summed E-state index contributed by atoms with van der Waals surface area (Å²) in [6, 6.07) is 17.4. The van der Waals surface area contributed by atoms with Crippen LogP contribution in [0.1, 0.15) is 25.3 Å². The molecule has 1 atom stereocenters. The van der Waals surface area contributed by atoms with E-state index in [4.69, 9.17) is 0 Å². The van der Waals surface area contributed by atoms with Crippen molar-refractivity contribution in [2.45, 2.75) is 37.1 Å². The predicted molar refractivity (Wildman–Crippen MR) is 110 cm³/mol. The molecule has 128 valence electrons. The van der Waals surface area contributed by atoms with Crippen molar-refractivity contribution in [2.75, 3.05) is 11.4 Å². The maximum absolute atomic E-state index is 2.52. The third-order valence-electron chi connectivity index (χ3n) is 4.68. The summed E-state index contributed by atoms with van der Waals surface area (Å²) >= 11 is 3.87. The monoisotopic (exact) mass is 367 g/mol. The Bertz CT molecular complexity index is 913. The maximum atomic E-state index is 2.52. The number of aromatic nitrogens is 1. The van der Waals surface area contributed by atoms with Gasteiger partial charge in [-0.2, -0.15) is 4.57 Å². The fourth-order valence-electron chi connectivity index (χ4n) is 3.50. The van der Waals surface area contributed by atoms with Gasteiger partial charge in [-0.3, -0.25) is 0 Å². The van der Waals surface area contributed by atoms with Crippen LogP contribution in [0.2, 0.25) is 0 Å². The second kappa shape index (κ2) is 7.22. The van der Waals surface area contributed by atoms with E-state index < -0.39 is 0 Å². The molecule has 0 saturated heterocycles. The van der Waals surface area contributed by atoms with E-state index >= 15 is 0 Å². The largest absolute Gasteiger partial charge is 0.358 e. The highest BCUT2D eigenvalue weighted by atomic mass is 32.2. The summed E-state index contributed by atoms with van der Waals surface area (Å²) in [6.07, 6.45) is 5.72. The average Bonchev–Trinajstić information content (AvgIpc) is 3.18. The number of aryl methyl sites for hydroxylation is 1. The Balaban J connectivity index is 1.54. The van der Waals surface area contributed by atoms with Gasteiger partial charge in [-0.05, 0) is 38.5 Å². The number of hydrogen-bond acceptors (Lipinski definition) is 3. The first kappa shape index (κ1) is 16.7. The van der Waals surface area contributed by atoms with Gasteiger partial charge in [-0.1, -0.05) is 53.4 Å². The van der Waals surface area contributed by atoms with Gasteiger partial charge in [-0.15, -0.1) is 0 Å². The molecule has 3 aromatic rings. The van der Waals surface area contributed by atoms with E-state index in [0.29, 0.717) is 5.37 Å². The van der Waals surface area contributed by atoms with E-state index in [2.05, 4.69) is 84.0 Å². The summed E-state index contributed by atoms with van der Waals surface area (Å²) in [7, 11) is 0. The van der Waals surface area contributed by atoms with Gasteiger partial charge < -0.3 is 4.90 Å². The van der Waals surface area contributed by atoms with Crippen molar-refractivity contribution in [2.24, 2.45) is 0 Å². The quantitative estimate of drug-likeness (QED) is 0.544. The molecule has 4 heteroatoms. The van der Waals surface area contributed by atoms with Gasteiger partial charge in [0.1, 0.15) is 11.2 Å². The lowest BCUT2D eigenvalue weighted by atomic mass is 10.2. The highest BCUT2D eigenvalue weighted by Crippen LogP contribution is 2.44. The lowest BCUT2D eigenvalue weighted by Gasteiger charge is -2.23. The third kappa shape index (κ3) is 3.09. The Labute approximate surface area is 157 Å². The second-order valence-corrected chi connectivity index (χ2v) is 8.40. The molecule has 2 nitrogen and oxygen atoms in total. The Morgan fingerprint density at radius 2 is 1.88 bits per heavy atom. The second-order valence-electron chi connectivity index (χ2n) is 6.12. The fourth-order valence-corrected chi connectivity index (χ4v) is 6.01. The zero-order chi connectivity index (χ0) is 17.2. The smallest absolute Gasteiger partial charge is 0.262 e. The Hall–Kier alpha value is -1.78. The minimum atomic E-state index is 0.503. The van der Waals surface area contributed by atoms with Crippen LogP contribution >= 0.6 is 23.1 Å². The molecule has 0 spiro atoms. The molecule has 0 N–H and O–H groups in total. The average molecular weight is 368 g/mol. The summed E-state index contributed by atoms with van der Waals surface area (Å²) in [5, 5.41) is 1.84. The molecule has 25 heavy (non-hydrogen) atoms. The van der Waals surface area contributed by atoms with Gasteiger partial charge in [0.25, 0.3) is 5.01 Å². The van der Waals surface area contributed by atoms with Crippen molar-refractivity contribution in [3.8, 4) is 0 Å². The number of hydrogen-bond donors (Lipinski definition) is 0. The summed E-state index contributed by atoms with van der Waals surface area (Å²) < 4.78 is 3.77. The molecule has 1 aliphatic rings. The van der Waals surface area contributed by atoms with Gasteiger partial charge in [0, 0.05) is 23.6 Å². The van der Waals surface area contributed by atoms with Gasteiger partial charge >= 0.3 is 0 Å². The van der Waals surface area contributed by atoms with E-state index in [1.165, 1.54) is 25.8 Å². The fraction of sp³-hybridized carbons (Fsp3) is 0.286. The summed E-state index contributed by atoms with van der Waals surface area (Å²) in [6.45, 7) is 6.53. The highest BCUT2D eigenvalue weighted by molar-refractivity contribution is 8.00. The summed E-state index contributed by atoms with van der Waals surface area (Å²) in [5.41, 5.74) is 2.73. The number of rotatable bonds is 5. The number of para-hydroxylation sites is 2. The van der Waals surface area contributed by atoms with Crippen LogP contribution in [0.3, 0.4) is 0 Å². The molecule has 0 unspecified atom stereocenters. The van der Waals surface area contributed by atoms with E-state index in [9.17, 15) is 0 Å². The van der Waals surface area contributed by atoms with Crippen LogP contribution in [0.5, 0.6) is 0 Å². The zero-order valence-electron chi connectivity index (χ0n) is 14.7. The molecule has 2 aromatic carbocycles. The van der Waals surface area contributed by atoms with E-state index in [1.807, 2.05) is 23.1 Å². The van der Waals surface area contributed by atoms with Gasteiger partial charge in [0.2, 0.25) is 5.52 Å². The number of fused-ring (bicyclic) bond motifs is 2. The van der Waals surface area contributed by atoms with Crippen molar-refractivity contribution in [1.82, 2.24) is 0 Å². The Morgan fingerprint density at radius 3 is 2.72 bits per heavy atom. The van der Waals surface area contributed by atoms with Crippen molar-refractivity contribution < 1.29 is 4.57 Å². The van der Waals surface area contributed by atoms with Crippen molar-refractivity contribution in [1.29, 1.82) is 0 Å². The molecule has 0 bridgehead atoms. The van der Waals surface area contributed by atoms with E-state index in [-0.39, 0.29) is 0 Å². The van der Waals surface area contributed by atoms with Crippen molar-refractivity contribution >= 4 is 45.1 Å². The normalized spacial score (nSPS) is 16.9. The van der Waals surface area contributed by atoms with Crippen LogP contribution in [-0.2, 0) is 6.54 Å². The molecule has 0 fully saturated rings. The summed E-state index contributed by atoms with van der Waals surface area (Å²) in [4.78, 5) is 3.93. The minimum absolute atomic E-state index is 0.503. The van der Waals surface area contributed by atoms with Crippen LogP contribution in [0.25, 0.3) is 16.3 Å². The maximum Gasteiger partial charge on any atom is 0.262 e. The third-order valence-corrected chi connectivity index (χ3v) is 7.13. The molecule has 4 rings (SSSR count). The Kier molecular flexibility index (Phi) is 4.82.